The molecule has 1 aromatic carbocycles. The Labute approximate surface area is 141 Å². The molecule has 0 radical (unpaired) electrons. The molecule has 0 unspecified atom stereocenters. The van der Waals surface area contributed by atoms with Gasteiger partial charge in [0.15, 0.2) is 0 Å². The van der Waals surface area contributed by atoms with Gasteiger partial charge < -0.3 is 4.74 Å². The number of hydrogen-bond donors (Lipinski definition) is 0. The predicted octanol–water partition coefficient (Wildman–Crippen LogP) is 2.39. The van der Waals surface area contributed by atoms with Crippen LogP contribution in [-0.2, 0) is 14.8 Å². The summed E-state index contributed by atoms with van der Waals surface area (Å²) in [6, 6.07) is 9.34. The first-order chi connectivity index (χ1) is 11.5. The lowest BCUT2D eigenvalue weighted by Gasteiger charge is -2.24. The molecule has 1 fully saturated rings. The van der Waals surface area contributed by atoms with E-state index in [-0.39, 0.29) is 10.9 Å². The van der Waals surface area contributed by atoms with Gasteiger partial charge in [0, 0.05) is 18.9 Å². The lowest BCUT2D eigenvalue weighted by Crippen LogP contribution is -2.30. The molecular formula is C17H18N2O4S. The number of hydrogen-bond acceptors (Lipinski definition) is 5. The summed E-state index contributed by atoms with van der Waals surface area (Å²) in [6.45, 7) is 0.480. The van der Waals surface area contributed by atoms with Gasteiger partial charge in [-0.05, 0) is 54.8 Å². The number of aromatic nitrogens is 1. The van der Waals surface area contributed by atoms with E-state index in [0.29, 0.717) is 12.1 Å². The largest absolute Gasteiger partial charge is 0.465 e. The standard InChI is InChI=1S/C17H18N2O4S/c1-23-17(20)14-4-6-15(7-5-14)24(21,22)19-12-2-3-16(19)13-8-10-18-11-9-13/h4-11,16H,2-3,12H2,1H3/t16-/m0/s1. The fourth-order valence-corrected chi connectivity index (χ4v) is 4.65. The van der Waals surface area contributed by atoms with E-state index in [1.807, 2.05) is 12.1 Å². The van der Waals surface area contributed by atoms with Crippen LogP contribution in [0.25, 0.3) is 0 Å². The monoisotopic (exact) mass is 346 g/mol. The zero-order chi connectivity index (χ0) is 17.2. The molecule has 1 aliphatic heterocycles. The summed E-state index contributed by atoms with van der Waals surface area (Å²) >= 11 is 0. The minimum atomic E-state index is -3.62. The van der Waals surface area contributed by atoms with Crippen LogP contribution >= 0.6 is 0 Å². The number of nitrogens with zero attached hydrogens (tertiary/aromatic N) is 2. The first-order valence-corrected chi connectivity index (χ1v) is 9.08. The van der Waals surface area contributed by atoms with Gasteiger partial charge >= 0.3 is 5.97 Å². The van der Waals surface area contributed by atoms with E-state index in [2.05, 4.69) is 9.72 Å². The lowest BCUT2D eigenvalue weighted by molar-refractivity contribution is 0.0600. The van der Waals surface area contributed by atoms with Crippen molar-refractivity contribution in [2.45, 2.75) is 23.8 Å². The first-order valence-electron chi connectivity index (χ1n) is 7.64. The molecule has 1 aromatic heterocycles. The molecule has 0 saturated carbocycles. The fraction of sp³-hybridized carbons (Fsp3) is 0.294. The van der Waals surface area contributed by atoms with Crippen molar-refractivity contribution in [3.8, 4) is 0 Å². The smallest absolute Gasteiger partial charge is 0.337 e. The molecule has 0 aliphatic carbocycles. The van der Waals surface area contributed by atoms with Crippen molar-refractivity contribution in [2.75, 3.05) is 13.7 Å². The number of esters is 1. The summed E-state index contributed by atoms with van der Waals surface area (Å²) < 4.78 is 32.1. The Balaban J connectivity index is 1.91. The lowest BCUT2D eigenvalue weighted by atomic mass is 10.1. The van der Waals surface area contributed by atoms with E-state index in [1.54, 1.807) is 12.4 Å². The molecule has 1 saturated heterocycles. The van der Waals surface area contributed by atoms with Crippen molar-refractivity contribution in [3.05, 3.63) is 59.9 Å². The van der Waals surface area contributed by atoms with Crippen LogP contribution in [0.3, 0.4) is 0 Å². The Morgan fingerprint density at radius 3 is 2.46 bits per heavy atom. The molecule has 0 N–H and O–H groups in total. The van der Waals surface area contributed by atoms with E-state index < -0.39 is 16.0 Å². The summed E-state index contributed by atoms with van der Waals surface area (Å²) in [7, 11) is -2.34. The molecule has 0 spiro atoms. The van der Waals surface area contributed by atoms with E-state index in [9.17, 15) is 13.2 Å². The SMILES string of the molecule is COC(=O)c1ccc(S(=O)(=O)N2CCC[C@H]2c2ccncc2)cc1. The minimum absolute atomic E-state index is 0.177. The predicted molar refractivity (Wildman–Crippen MR) is 87.9 cm³/mol. The molecule has 0 bridgehead atoms. The van der Waals surface area contributed by atoms with Gasteiger partial charge in [0.1, 0.15) is 0 Å². The number of carbonyl (C=O) groups is 1. The zero-order valence-electron chi connectivity index (χ0n) is 13.3. The molecule has 6 nitrogen and oxygen atoms in total. The Kier molecular flexibility index (Phi) is 4.64. The third-order valence-electron chi connectivity index (χ3n) is 4.18. The van der Waals surface area contributed by atoms with Crippen molar-refractivity contribution in [2.24, 2.45) is 0 Å². The highest BCUT2D eigenvalue weighted by Gasteiger charge is 2.36. The summed E-state index contributed by atoms with van der Waals surface area (Å²) in [5, 5.41) is 0. The normalized spacial score (nSPS) is 18.5. The second kappa shape index (κ2) is 6.70. The molecule has 0 amide bonds. The van der Waals surface area contributed by atoms with Crippen LogP contribution in [-0.4, -0.2) is 37.3 Å². The van der Waals surface area contributed by atoms with Crippen molar-refractivity contribution in [1.29, 1.82) is 0 Å². The maximum atomic E-state index is 13.0. The molecule has 2 heterocycles. The number of sulfonamides is 1. The quantitative estimate of drug-likeness (QED) is 0.795. The van der Waals surface area contributed by atoms with Gasteiger partial charge in [0.05, 0.1) is 23.6 Å². The maximum absolute atomic E-state index is 13.0. The third-order valence-corrected chi connectivity index (χ3v) is 6.10. The summed E-state index contributed by atoms with van der Waals surface area (Å²) in [5.41, 5.74) is 1.26. The van der Waals surface area contributed by atoms with Crippen molar-refractivity contribution >= 4 is 16.0 Å². The Morgan fingerprint density at radius 2 is 1.83 bits per heavy atom. The summed E-state index contributed by atoms with van der Waals surface area (Å²) in [5.74, 6) is -0.491. The zero-order valence-corrected chi connectivity index (χ0v) is 14.1. The summed E-state index contributed by atoms with van der Waals surface area (Å²) in [4.78, 5) is 15.6. The molecule has 24 heavy (non-hydrogen) atoms. The van der Waals surface area contributed by atoms with E-state index in [0.717, 1.165) is 18.4 Å². The highest BCUT2D eigenvalue weighted by atomic mass is 32.2. The second-order valence-corrected chi connectivity index (χ2v) is 7.46. The van der Waals surface area contributed by atoms with Gasteiger partial charge in [-0.25, -0.2) is 13.2 Å². The average Bonchev–Trinajstić information content (AvgIpc) is 3.12. The van der Waals surface area contributed by atoms with Crippen molar-refractivity contribution < 1.29 is 17.9 Å². The fourth-order valence-electron chi connectivity index (χ4n) is 2.96. The molecule has 1 atom stereocenters. The topological polar surface area (TPSA) is 76.6 Å². The van der Waals surface area contributed by atoms with E-state index >= 15 is 0 Å². The van der Waals surface area contributed by atoms with Crippen LogP contribution in [0.1, 0.15) is 34.8 Å². The van der Waals surface area contributed by atoms with Gasteiger partial charge in [0.25, 0.3) is 0 Å². The number of benzene rings is 1. The number of methoxy groups -OCH3 is 1. The first kappa shape index (κ1) is 16.6. The van der Waals surface area contributed by atoms with Crippen LogP contribution in [0.5, 0.6) is 0 Å². The molecule has 126 valence electrons. The van der Waals surface area contributed by atoms with Crippen LogP contribution in [0.2, 0.25) is 0 Å². The molecule has 3 rings (SSSR count). The highest BCUT2D eigenvalue weighted by Crippen LogP contribution is 2.36. The number of rotatable bonds is 4. The Bertz CT molecular complexity index is 819. The number of pyridine rings is 1. The number of ether oxygens (including phenoxy) is 1. The van der Waals surface area contributed by atoms with Crippen LogP contribution in [0.4, 0.5) is 0 Å². The van der Waals surface area contributed by atoms with Crippen molar-refractivity contribution in [1.82, 2.24) is 9.29 Å². The third kappa shape index (κ3) is 3.05. The minimum Gasteiger partial charge on any atom is -0.465 e. The van der Waals surface area contributed by atoms with Gasteiger partial charge in [-0.2, -0.15) is 4.31 Å². The molecular weight excluding hydrogens is 328 g/mol. The van der Waals surface area contributed by atoms with Crippen LogP contribution < -0.4 is 0 Å². The van der Waals surface area contributed by atoms with E-state index in [4.69, 9.17) is 0 Å². The maximum Gasteiger partial charge on any atom is 0.337 e. The Hall–Kier alpha value is -2.25. The van der Waals surface area contributed by atoms with Crippen LogP contribution in [0.15, 0.2) is 53.7 Å². The number of carbonyl (C=O) groups excluding carboxylic acids is 1. The van der Waals surface area contributed by atoms with E-state index in [1.165, 1.54) is 35.7 Å². The molecule has 2 aromatic rings. The van der Waals surface area contributed by atoms with Crippen molar-refractivity contribution in [3.63, 3.8) is 0 Å². The molecule has 7 heteroatoms. The average molecular weight is 346 g/mol. The summed E-state index contributed by atoms with van der Waals surface area (Å²) in [6.07, 6.45) is 4.93. The van der Waals surface area contributed by atoms with Gasteiger partial charge in [0.2, 0.25) is 10.0 Å². The molecule has 1 aliphatic rings. The van der Waals surface area contributed by atoms with Crippen LogP contribution in [0, 0.1) is 0 Å². The van der Waals surface area contributed by atoms with Gasteiger partial charge in [-0.1, -0.05) is 0 Å². The second-order valence-electron chi connectivity index (χ2n) is 5.57. The highest BCUT2D eigenvalue weighted by molar-refractivity contribution is 7.89. The Morgan fingerprint density at radius 1 is 1.17 bits per heavy atom. The van der Waals surface area contributed by atoms with Gasteiger partial charge in [-0.15, -0.1) is 0 Å². The van der Waals surface area contributed by atoms with Gasteiger partial charge in [-0.3, -0.25) is 4.98 Å².